The number of hydrogen-bond acceptors (Lipinski definition) is 1. The van der Waals surface area contributed by atoms with Crippen molar-refractivity contribution in [2.75, 3.05) is 6.61 Å². The summed E-state index contributed by atoms with van der Waals surface area (Å²) in [4.78, 5) is 0. The Morgan fingerprint density at radius 2 is 1.63 bits per heavy atom. The number of benzene rings is 2. The molecule has 0 spiro atoms. The van der Waals surface area contributed by atoms with Crippen LogP contribution in [-0.2, 0) is 6.42 Å². The summed E-state index contributed by atoms with van der Waals surface area (Å²) in [5.41, 5.74) is 3.52. The molecule has 2 rings (SSSR count). The van der Waals surface area contributed by atoms with Gasteiger partial charge in [-0.25, -0.2) is 4.39 Å². The number of halogens is 1. The Labute approximate surface area is 113 Å². The molecular formula is C17H19FO. The number of aryl methyl sites for hydroxylation is 2. The standard InChI is InChI=1S/C17H19FO/c1-13-2-4-14(5-3-13)6-7-16(12-19)15-8-10-17(18)11-9-15/h2-5,8-11,16,19H,6-7,12H2,1H3. The Morgan fingerprint density at radius 1 is 1.00 bits per heavy atom. The average Bonchev–Trinajstić information content (AvgIpc) is 2.43. The van der Waals surface area contributed by atoms with E-state index in [0.717, 1.165) is 18.4 Å². The Morgan fingerprint density at radius 3 is 2.21 bits per heavy atom. The van der Waals surface area contributed by atoms with Gasteiger partial charge in [-0.15, -0.1) is 0 Å². The van der Waals surface area contributed by atoms with Gasteiger partial charge in [-0.3, -0.25) is 0 Å². The van der Waals surface area contributed by atoms with Crippen LogP contribution in [0.5, 0.6) is 0 Å². The van der Waals surface area contributed by atoms with Gasteiger partial charge < -0.3 is 5.11 Å². The number of hydrogen-bond donors (Lipinski definition) is 1. The van der Waals surface area contributed by atoms with Gasteiger partial charge in [0, 0.05) is 12.5 Å². The molecule has 0 saturated heterocycles. The van der Waals surface area contributed by atoms with Crippen molar-refractivity contribution in [3.8, 4) is 0 Å². The van der Waals surface area contributed by atoms with E-state index in [2.05, 4.69) is 31.2 Å². The van der Waals surface area contributed by atoms with Crippen LogP contribution in [0.15, 0.2) is 48.5 Å². The van der Waals surface area contributed by atoms with Crippen molar-refractivity contribution in [2.24, 2.45) is 0 Å². The minimum absolute atomic E-state index is 0.0712. The van der Waals surface area contributed by atoms with E-state index in [4.69, 9.17) is 0 Å². The average molecular weight is 258 g/mol. The normalized spacial score (nSPS) is 12.4. The van der Waals surface area contributed by atoms with Crippen LogP contribution in [0.3, 0.4) is 0 Å². The minimum atomic E-state index is -0.237. The van der Waals surface area contributed by atoms with Crippen LogP contribution in [0.1, 0.15) is 29.0 Å². The highest BCUT2D eigenvalue weighted by atomic mass is 19.1. The van der Waals surface area contributed by atoms with Crippen LogP contribution >= 0.6 is 0 Å². The molecule has 1 nitrogen and oxygen atoms in total. The van der Waals surface area contributed by atoms with E-state index >= 15 is 0 Å². The molecule has 0 bridgehead atoms. The lowest BCUT2D eigenvalue weighted by atomic mass is 9.93. The lowest BCUT2D eigenvalue weighted by Gasteiger charge is -2.14. The van der Waals surface area contributed by atoms with E-state index in [1.54, 1.807) is 12.1 Å². The van der Waals surface area contributed by atoms with Crippen LogP contribution in [0, 0.1) is 12.7 Å². The van der Waals surface area contributed by atoms with Crippen molar-refractivity contribution in [1.82, 2.24) is 0 Å². The third kappa shape index (κ3) is 3.90. The van der Waals surface area contributed by atoms with Crippen LogP contribution in [-0.4, -0.2) is 11.7 Å². The molecular weight excluding hydrogens is 239 g/mol. The highest BCUT2D eigenvalue weighted by molar-refractivity contribution is 5.23. The first-order valence-corrected chi connectivity index (χ1v) is 6.61. The molecule has 19 heavy (non-hydrogen) atoms. The summed E-state index contributed by atoms with van der Waals surface area (Å²) in [5, 5.41) is 9.48. The van der Waals surface area contributed by atoms with Crippen LogP contribution < -0.4 is 0 Å². The maximum Gasteiger partial charge on any atom is 0.123 e. The lowest BCUT2D eigenvalue weighted by molar-refractivity contribution is 0.259. The van der Waals surface area contributed by atoms with Gasteiger partial charge in [0.2, 0.25) is 0 Å². The minimum Gasteiger partial charge on any atom is -0.396 e. The van der Waals surface area contributed by atoms with E-state index in [1.165, 1.54) is 23.3 Å². The second kappa shape index (κ2) is 6.48. The summed E-state index contributed by atoms with van der Waals surface area (Å²) >= 11 is 0. The van der Waals surface area contributed by atoms with Gasteiger partial charge in [-0.2, -0.15) is 0 Å². The first-order chi connectivity index (χ1) is 9.19. The third-order valence-electron chi connectivity index (χ3n) is 3.46. The van der Waals surface area contributed by atoms with Gasteiger partial charge in [0.25, 0.3) is 0 Å². The van der Waals surface area contributed by atoms with Gasteiger partial charge >= 0.3 is 0 Å². The van der Waals surface area contributed by atoms with E-state index in [9.17, 15) is 9.50 Å². The Bertz CT molecular complexity index is 502. The summed E-state index contributed by atoms with van der Waals surface area (Å²) < 4.78 is 12.9. The largest absolute Gasteiger partial charge is 0.396 e. The Hall–Kier alpha value is -1.67. The van der Waals surface area contributed by atoms with E-state index < -0.39 is 0 Å². The second-order valence-electron chi connectivity index (χ2n) is 4.96. The molecule has 0 aliphatic heterocycles. The molecule has 0 fully saturated rings. The Balaban J connectivity index is 1.99. The van der Waals surface area contributed by atoms with Gasteiger partial charge in [0.1, 0.15) is 5.82 Å². The first-order valence-electron chi connectivity index (χ1n) is 6.61. The maximum absolute atomic E-state index is 12.9. The zero-order valence-electron chi connectivity index (χ0n) is 11.1. The van der Waals surface area contributed by atoms with Crippen LogP contribution in [0.2, 0.25) is 0 Å². The molecule has 2 aromatic carbocycles. The third-order valence-corrected chi connectivity index (χ3v) is 3.46. The van der Waals surface area contributed by atoms with E-state index in [0.29, 0.717) is 0 Å². The zero-order valence-corrected chi connectivity index (χ0v) is 11.1. The SMILES string of the molecule is Cc1ccc(CCC(CO)c2ccc(F)cc2)cc1. The van der Waals surface area contributed by atoms with Crippen molar-refractivity contribution < 1.29 is 9.50 Å². The monoisotopic (exact) mass is 258 g/mol. The molecule has 0 saturated carbocycles. The highest BCUT2D eigenvalue weighted by Crippen LogP contribution is 2.21. The van der Waals surface area contributed by atoms with Crippen LogP contribution in [0.4, 0.5) is 4.39 Å². The number of aliphatic hydroxyl groups is 1. The van der Waals surface area contributed by atoms with Gasteiger partial charge in [0.05, 0.1) is 0 Å². The molecule has 0 aliphatic rings. The maximum atomic E-state index is 12.9. The smallest absolute Gasteiger partial charge is 0.123 e. The molecule has 100 valence electrons. The fourth-order valence-corrected chi connectivity index (χ4v) is 2.19. The molecule has 1 unspecified atom stereocenters. The summed E-state index contributed by atoms with van der Waals surface area (Å²) in [5.74, 6) is -0.166. The molecule has 0 aliphatic carbocycles. The van der Waals surface area contributed by atoms with Gasteiger partial charge in [0.15, 0.2) is 0 Å². The topological polar surface area (TPSA) is 20.2 Å². The fourth-order valence-electron chi connectivity index (χ4n) is 2.19. The van der Waals surface area contributed by atoms with Crippen molar-refractivity contribution in [3.05, 3.63) is 71.0 Å². The predicted molar refractivity (Wildman–Crippen MR) is 75.7 cm³/mol. The predicted octanol–water partition coefficient (Wildman–Crippen LogP) is 3.84. The molecule has 1 N–H and O–H groups in total. The van der Waals surface area contributed by atoms with E-state index in [-0.39, 0.29) is 18.3 Å². The highest BCUT2D eigenvalue weighted by Gasteiger charge is 2.10. The second-order valence-corrected chi connectivity index (χ2v) is 4.96. The quantitative estimate of drug-likeness (QED) is 0.863. The first kappa shape index (κ1) is 13.8. The summed E-state index contributed by atoms with van der Waals surface area (Å²) in [6.07, 6.45) is 1.79. The number of rotatable bonds is 5. The van der Waals surface area contributed by atoms with Gasteiger partial charge in [-0.1, -0.05) is 42.0 Å². The van der Waals surface area contributed by atoms with Crippen molar-refractivity contribution in [1.29, 1.82) is 0 Å². The zero-order chi connectivity index (χ0) is 13.7. The Kier molecular flexibility index (Phi) is 4.69. The van der Waals surface area contributed by atoms with Crippen molar-refractivity contribution in [3.63, 3.8) is 0 Å². The molecule has 0 amide bonds. The molecule has 0 radical (unpaired) electrons. The lowest BCUT2D eigenvalue weighted by Crippen LogP contribution is -2.06. The fraction of sp³-hybridized carbons (Fsp3) is 0.294. The molecule has 0 heterocycles. The van der Waals surface area contributed by atoms with Gasteiger partial charge in [-0.05, 0) is 43.0 Å². The van der Waals surface area contributed by atoms with Crippen molar-refractivity contribution >= 4 is 0 Å². The molecule has 0 aromatic heterocycles. The molecule has 2 heteroatoms. The van der Waals surface area contributed by atoms with Crippen LogP contribution in [0.25, 0.3) is 0 Å². The summed E-state index contributed by atoms with van der Waals surface area (Å²) in [7, 11) is 0. The van der Waals surface area contributed by atoms with Crippen molar-refractivity contribution in [2.45, 2.75) is 25.7 Å². The summed E-state index contributed by atoms with van der Waals surface area (Å²) in [6, 6.07) is 14.8. The van der Waals surface area contributed by atoms with E-state index in [1.807, 2.05) is 0 Å². The molecule has 1 atom stereocenters. The molecule has 2 aromatic rings. The summed E-state index contributed by atoms with van der Waals surface area (Å²) in [6.45, 7) is 2.16. The number of aliphatic hydroxyl groups excluding tert-OH is 1.